The Morgan fingerprint density at radius 3 is 2.48 bits per heavy atom. The molecule has 0 spiro atoms. The van der Waals surface area contributed by atoms with Gasteiger partial charge >= 0.3 is 5.97 Å². The van der Waals surface area contributed by atoms with Crippen LogP contribution in [-0.2, 0) is 16.1 Å². The van der Waals surface area contributed by atoms with Crippen molar-refractivity contribution in [1.82, 2.24) is 15.1 Å². The number of carbonyl (C=O) groups is 2. The van der Waals surface area contributed by atoms with Gasteiger partial charge in [-0.2, -0.15) is 0 Å². The number of benzene rings is 2. The van der Waals surface area contributed by atoms with Crippen LogP contribution in [0.4, 0.5) is 0 Å². The molecule has 0 atom stereocenters. The topological polar surface area (TPSA) is 85.5 Å². The first kappa shape index (κ1) is 22.2. The van der Waals surface area contributed by atoms with Gasteiger partial charge in [0.2, 0.25) is 17.7 Å². The van der Waals surface area contributed by atoms with Crippen LogP contribution in [0.25, 0.3) is 17.5 Å². The fourth-order valence-corrected chi connectivity index (χ4v) is 3.05. The van der Waals surface area contributed by atoms with Gasteiger partial charge in [-0.05, 0) is 49.8 Å². The van der Waals surface area contributed by atoms with Crippen LogP contribution in [0.5, 0.6) is 0 Å². The van der Waals surface area contributed by atoms with Crippen molar-refractivity contribution in [2.45, 2.75) is 26.4 Å². The number of amides is 1. The van der Waals surface area contributed by atoms with Crippen LogP contribution >= 0.6 is 11.6 Å². The summed E-state index contributed by atoms with van der Waals surface area (Å²) in [6.07, 6.45) is 3.15. The molecule has 0 aliphatic heterocycles. The Hall–Kier alpha value is -3.45. The van der Waals surface area contributed by atoms with Gasteiger partial charge in [-0.1, -0.05) is 35.9 Å². The SMILES string of the molecule is COC(=O)c1ccc(/C=C/C(=O)N(Cc2nnc(-c3ccccc3Cl)o2)C(C)C)cc1. The number of ether oxygens (including phenoxy) is 1. The highest BCUT2D eigenvalue weighted by Crippen LogP contribution is 2.26. The van der Waals surface area contributed by atoms with Crippen LogP contribution in [0.3, 0.4) is 0 Å². The maximum absolute atomic E-state index is 12.8. The predicted octanol–water partition coefficient (Wildman–Crippen LogP) is 4.63. The van der Waals surface area contributed by atoms with Crippen molar-refractivity contribution in [3.05, 3.63) is 76.6 Å². The molecule has 160 valence electrons. The first-order chi connectivity index (χ1) is 14.9. The summed E-state index contributed by atoms with van der Waals surface area (Å²) in [5, 5.41) is 8.61. The molecule has 2 aromatic carbocycles. The van der Waals surface area contributed by atoms with Gasteiger partial charge in [0, 0.05) is 12.1 Å². The van der Waals surface area contributed by atoms with Crippen LogP contribution in [0.1, 0.15) is 35.7 Å². The predicted molar refractivity (Wildman–Crippen MR) is 117 cm³/mol. The molecule has 1 aromatic heterocycles. The monoisotopic (exact) mass is 439 g/mol. The smallest absolute Gasteiger partial charge is 0.337 e. The lowest BCUT2D eigenvalue weighted by Crippen LogP contribution is -2.35. The molecule has 0 aliphatic rings. The highest BCUT2D eigenvalue weighted by molar-refractivity contribution is 6.33. The molecule has 1 heterocycles. The third-order valence-corrected chi connectivity index (χ3v) is 4.86. The molecule has 31 heavy (non-hydrogen) atoms. The summed E-state index contributed by atoms with van der Waals surface area (Å²) in [6.45, 7) is 3.98. The molecule has 1 amide bonds. The van der Waals surface area contributed by atoms with Gasteiger partial charge in [-0.15, -0.1) is 10.2 Å². The van der Waals surface area contributed by atoms with E-state index in [9.17, 15) is 9.59 Å². The van der Waals surface area contributed by atoms with Gasteiger partial charge in [-0.3, -0.25) is 4.79 Å². The molecule has 0 saturated carbocycles. The molecule has 0 unspecified atom stereocenters. The lowest BCUT2D eigenvalue weighted by molar-refractivity contribution is -0.128. The number of hydrogen-bond acceptors (Lipinski definition) is 6. The summed E-state index contributed by atoms with van der Waals surface area (Å²) < 4.78 is 10.4. The van der Waals surface area contributed by atoms with Gasteiger partial charge in [0.25, 0.3) is 0 Å². The van der Waals surface area contributed by atoms with E-state index in [-0.39, 0.29) is 18.5 Å². The average Bonchev–Trinajstić information content (AvgIpc) is 3.24. The van der Waals surface area contributed by atoms with E-state index in [1.54, 1.807) is 47.4 Å². The van der Waals surface area contributed by atoms with E-state index in [0.717, 1.165) is 5.56 Å². The average molecular weight is 440 g/mol. The van der Waals surface area contributed by atoms with Gasteiger partial charge in [0.05, 0.1) is 29.8 Å². The van der Waals surface area contributed by atoms with Gasteiger partial charge < -0.3 is 14.1 Å². The second kappa shape index (κ2) is 10.0. The normalized spacial score (nSPS) is 11.1. The molecule has 3 rings (SSSR count). The fraction of sp³-hybridized carbons (Fsp3) is 0.217. The molecular weight excluding hydrogens is 418 g/mol. The van der Waals surface area contributed by atoms with Crippen LogP contribution in [0, 0.1) is 0 Å². The van der Waals surface area contributed by atoms with Crippen LogP contribution < -0.4 is 0 Å². The largest absolute Gasteiger partial charge is 0.465 e. The Bertz CT molecular complexity index is 1090. The Balaban J connectivity index is 1.71. The maximum atomic E-state index is 12.8. The Kier molecular flexibility index (Phi) is 7.20. The lowest BCUT2D eigenvalue weighted by Gasteiger charge is -2.23. The third-order valence-electron chi connectivity index (χ3n) is 4.53. The quantitative estimate of drug-likeness (QED) is 0.394. The van der Waals surface area contributed by atoms with E-state index in [0.29, 0.717) is 27.9 Å². The minimum atomic E-state index is -0.409. The summed E-state index contributed by atoms with van der Waals surface area (Å²) in [5.41, 5.74) is 1.87. The number of methoxy groups -OCH3 is 1. The molecule has 0 N–H and O–H groups in total. The number of hydrogen-bond donors (Lipinski definition) is 0. The van der Waals surface area contributed by atoms with E-state index >= 15 is 0 Å². The summed E-state index contributed by atoms with van der Waals surface area (Å²) in [6, 6.07) is 13.9. The minimum Gasteiger partial charge on any atom is -0.465 e. The molecule has 0 bridgehead atoms. The molecular formula is C23H22ClN3O4. The number of nitrogens with zero attached hydrogens (tertiary/aromatic N) is 3. The standard InChI is InChI=1S/C23H22ClN3O4/c1-15(2)27(14-20-25-26-22(31-20)18-6-4-5-7-19(18)24)21(28)13-10-16-8-11-17(12-9-16)23(29)30-3/h4-13,15H,14H2,1-3H3/b13-10+. The second-order valence-electron chi connectivity index (χ2n) is 6.99. The number of carbonyl (C=O) groups excluding carboxylic acids is 2. The first-order valence-corrected chi connectivity index (χ1v) is 10.0. The molecule has 0 aliphatic carbocycles. The van der Waals surface area contributed by atoms with Crippen molar-refractivity contribution in [3.8, 4) is 11.5 Å². The van der Waals surface area contributed by atoms with Gasteiger partial charge in [0.15, 0.2) is 0 Å². The highest BCUT2D eigenvalue weighted by Gasteiger charge is 2.19. The highest BCUT2D eigenvalue weighted by atomic mass is 35.5. The molecule has 3 aromatic rings. The summed E-state index contributed by atoms with van der Waals surface area (Å²) in [4.78, 5) is 25.9. The van der Waals surface area contributed by atoms with Crippen molar-refractivity contribution in [1.29, 1.82) is 0 Å². The zero-order valence-corrected chi connectivity index (χ0v) is 18.2. The van der Waals surface area contributed by atoms with Crippen molar-refractivity contribution >= 4 is 29.6 Å². The van der Waals surface area contributed by atoms with Crippen molar-refractivity contribution < 1.29 is 18.7 Å². The third kappa shape index (κ3) is 5.58. The van der Waals surface area contributed by atoms with E-state index in [2.05, 4.69) is 14.9 Å². The zero-order valence-electron chi connectivity index (χ0n) is 17.4. The summed E-state index contributed by atoms with van der Waals surface area (Å²) >= 11 is 6.18. The molecule has 0 fully saturated rings. The maximum Gasteiger partial charge on any atom is 0.337 e. The van der Waals surface area contributed by atoms with E-state index in [1.165, 1.54) is 13.2 Å². The van der Waals surface area contributed by atoms with Crippen LogP contribution in [0.2, 0.25) is 5.02 Å². The van der Waals surface area contributed by atoms with Gasteiger partial charge in [-0.25, -0.2) is 4.79 Å². The lowest BCUT2D eigenvalue weighted by atomic mass is 10.1. The van der Waals surface area contributed by atoms with E-state index in [1.807, 2.05) is 26.0 Å². The number of aromatic nitrogens is 2. The van der Waals surface area contributed by atoms with E-state index < -0.39 is 5.97 Å². The van der Waals surface area contributed by atoms with E-state index in [4.69, 9.17) is 16.0 Å². The Morgan fingerprint density at radius 2 is 1.84 bits per heavy atom. The second-order valence-corrected chi connectivity index (χ2v) is 7.39. The van der Waals surface area contributed by atoms with Gasteiger partial charge in [0.1, 0.15) is 0 Å². The number of halogens is 1. The fourth-order valence-electron chi connectivity index (χ4n) is 2.83. The minimum absolute atomic E-state index is 0.0884. The Labute approximate surface area is 185 Å². The first-order valence-electron chi connectivity index (χ1n) is 9.63. The van der Waals surface area contributed by atoms with Crippen LogP contribution in [0.15, 0.2) is 59.0 Å². The molecule has 0 radical (unpaired) electrons. The van der Waals surface area contributed by atoms with Crippen molar-refractivity contribution in [2.24, 2.45) is 0 Å². The Morgan fingerprint density at radius 1 is 1.13 bits per heavy atom. The summed E-state index contributed by atoms with van der Waals surface area (Å²) in [5.74, 6) is 0.00337. The number of esters is 1. The van der Waals surface area contributed by atoms with Crippen molar-refractivity contribution in [3.63, 3.8) is 0 Å². The summed E-state index contributed by atoms with van der Waals surface area (Å²) in [7, 11) is 1.33. The molecule has 7 nitrogen and oxygen atoms in total. The van der Waals surface area contributed by atoms with Crippen molar-refractivity contribution in [2.75, 3.05) is 7.11 Å². The number of rotatable bonds is 7. The molecule has 8 heteroatoms. The molecule has 0 saturated heterocycles. The van der Waals surface area contributed by atoms with Crippen LogP contribution in [-0.4, -0.2) is 40.1 Å². The zero-order chi connectivity index (χ0) is 22.4.